The average Bonchev–Trinajstić information content (AvgIpc) is 2.97. The number of phenolic OH excluding ortho intramolecular Hbond substituents is 1. The minimum absolute atomic E-state index is 0.0852. The molecule has 0 saturated carbocycles. The number of nitriles is 1. The minimum Gasteiger partial charge on any atom is -0.503 e. The van der Waals surface area contributed by atoms with Gasteiger partial charge in [0.15, 0.2) is 11.5 Å². The first-order chi connectivity index (χ1) is 14.8. The Hall–Kier alpha value is -3.77. The lowest BCUT2D eigenvalue weighted by molar-refractivity contribution is -0.112. The van der Waals surface area contributed by atoms with Gasteiger partial charge in [0.05, 0.1) is 23.0 Å². The van der Waals surface area contributed by atoms with Crippen molar-refractivity contribution in [3.8, 4) is 23.3 Å². The highest BCUT2D eigenvalue weighted by molar-refractivity contribution is 9.10. The van der Waals surface area contributed by atoms with Gasteiger partial charge in [-0.2, -0.15) is 5.26 Å². The van der Waals surface area contributed by atoms with Gasteiger partial charge in [0, 0.05) is 7.05 Å². The quantitative estimate of drug-likeness (QED) is 0.427. The van der Waals surface area contributed by atoms with Gasteiger partial charge in [-0.3, -0.25) is 14.3 Å². The van der Waals surface area contributed by atoms with Crippen molar-refractivity contribution in [1.29, 1.82) is 5.26 Å². The number of aromatic nitrogens is 2. The number of amides is 1. The van der Waals surface area contributed by atoms with Crippen molar-refractivity contribution in [1.82, 2.24) is 9.36 Å². The van der Waals surface area contributed by atoms with Gasteiger partial charge < -0.3 is 15.2 Å². The van der Waals surface area contributed by atoms with E-state index in [1.165, 1.54) is 23.9 Å². The number of benzene rings is 2. The number of carbonyl (C=O) groups excluding carboxylic acids is 1. The summed E-state index contributed by atoms with van der Waals surface area (Å²) in [5.74, 6) is -0.636. The van der Waals surface area contributed by atoms with Crippen molar-refractivity contribution in [3.05, 3.63) is 74.1 Å². The first-order valence-electron chi connectivity index (χ1n) is 9.12. The maximum absolute atomic E-state index is 13.0. The number of methoxy groups -OCH3 is 1. The van der Waals surface area contributed by atoms with Crippen LogP contribution in [0.1, 0.15) is 11.3 Å². The molecule has 1 aromatic heterocycles. The van der Waals surface area contributed by atoms with Crippen LogP contribution < -0.4 is 15.6 Å². The van der Waals surface area contributed by atoms with Crippen LogP contribution in [0.3, 0.4) is 0 Å². The molecular weight excluding hydrogens is 464 g/mol. The lowest BCUT2D eigenvalue weighted by Gasteiger charge is -2.07. The summed E-state index contributed by atoms with van der Waals surface area (Å²) >= 11 is 3.20. The van der Waals surface area contributed by atoms with Gasteiger partial charge in [0.1, 0.15) is 17.3 Å². The number of nitrogens with one attached hydrogen (secondary N) is 1. The molecule has 0 spiro atoms. The zero-order chi connectivity index (χ0) is 22.7. The lowest BCUT2D eigenvalue weighted by atomic mass is 10.1. The van der Waals surface area contributed by atoms with E-state index in [9.17, 15) is 20.0 Å². The normalized spacial score (nSPS) is 11.1. The van der Waals surface area contributed by atoms with Crippen LogP contribution >= 0.6 is 15.9 Å². The molecule has 2 aromatic carbocycles. The van der Waals surface area contributed by atoms with Gasteiger partial charge in [-0.15, -0.1) is 0 Å². The second-order valence-corrected chi connectivity index (χ2v) is 7.47. The van der Waals surface area contributed by atoms with Crippen LogP contribution in [0.2, 0.25) is 0 Å². The maximum atomic E-state index is 13.0. The molecule has 1 amide bonds. The first kappa shape index (κ1) is 21.9. The monoisotopic (exact) mass is 482 g/mol. The van der Waals surface area contributed by atoms with Crippen molar-refractivity contribution in [2.75, 3.05) is 12.4 Å². The fourth-order valence-corrected chi connectivity index (χ4v) is 3.50. The van der Waals surface area contributed by atoms with E-state index in [0.29, 0.717) is 21.4 Å². The molecule has 0 radical (unpaired) electrons. The van der Waals surface area contributed by atoms with Gasteiger partial charge in [-0.25, -0.2) is 4.68 Å². The number of halogens is 1. The Kier molecular flexibility index (Phi) is 6.32. The van der Waals surface area contributed by atoms with Crippen molar-refractivity contribution < 1.29 is 14.6 Å². The van der Waals surface area contributed by atoms with Crippen LogP contribution in [-0.4, -0.2) is 27.5 Å². The fourth-order valence-electron chi connectivity index (χ4n) is 3.04. The Labute approximate surface area is 186 Å². The number of para-hydroxylation sites is 1. The highest BCUT2D eigenvalue weighted by Gasteiger charge is 2.20. The Morgan fingerprint density at radius 1 is 1.29 bits per heavy atom. The second-order valence-electron chi connectivity index (χ2n) is 6.61. The predicted molar refractivity (Wildman–Crippen MR) is 120 cm³/mol. The number of rotatable bonds is 5. The van der Waals surface area contributed by atoms with E-state index < -0.39 is 11.5 Å². The average molecular weight is 483 g/mol. The van der Waals surface area contributed by atoms with E-state index in [2.05, 4.69) is 21.2 Å². The topological polar surface area (TPSA) is 109 Å². The van der Waals surface area contributed by atoms with E-state index in [1.54, 1.807) is 36.9 Å². The molecule has 0 atom stereocenters. The van der Waals surface area contributed by atoms with Gasteiger partial charge >= 0.3 is 0 Å². The lowest BCUT2D eigenvalue weighted by Crippen LogP contribution is -2.23. The first-order valence-corrected chi connectivity index (χ1v) is 9.91. The molecule has 3 aromatic rings. The molecule has 31 heavy (non-hydrogen) atoms. The Morgan fingerprint density at radius 3 is 2.58 bits per heavy atom. The zero-order valence-electron chi connectivity index (χ0n) is 17.0. The highest BCUT2D eigenvalue weighted by Crippen LogP contribution is 2.35. The summed E-state index contributed by atoms with van der Waals surface area (Å²) in [5.41, 5.74) is 1.10. The van der Waals surface area contributed by atoms with E-state index in [1.807, 2.05) is 24.3 Å². The molecule has 0 fully saturated rings. The summed E-state index contributed by atoms with van der Waals surface area (Å²) in [6, 6.07) is 13.9. The van der Waals surface area contributed by atoms with Gasteiger partial charge in [0.25, 0.3) is 11.5 Å². The predicted octanol–water partition coefficient (Wildman–Crippen LogP) is 3.51. The van der Waals surface area contributed by atoms with Crippen LogP contribution in [0.5, 0.6) is 11.5 Å². The molecule has 0 saturated heterocycles. The third-order valence-corrected chi connectivity index (χ3v) is 5.34. The number of ether oxygens (including phenoxy) is 1. The molecule has 0 aliphatic rings. The minimum atomic E-state index is -0.725. The SMILES string of the molecule is COc1cc(/C=C(\C#N)C(=O)Nc2c(C)n(C)n(-c3ccccc3)c2=O)cc(Br)c1O. The molecule has 0 aliphatic heterocycles. The van der Waals surface area contributed by atoms with Crippen LogP contribution in [-0.2, 0) is 11.8 Å². The number of aromatic hydroxyl groups is 1. The molecule has 1 heterocycles. The van der Waals surface area contributed by atoms with E-state index in [-0.39, 0.29) is 22.8 Å². The van der Waals surface area contributed by atoms with Crippen LogP contribution in [0.15, 0.2) is 57.3 Å². The maximum Gasteiger partial charge on any atom is 0.295 e. The van der Waals surface area contributed by atoms with E-state index >= 15 is 0 Å². The van der Waals surface area contributed by atoms with Crippen molar-refractivity contribution in [2.24, 2.45) is 7.05 Å². The summed E-state index contributed by atoms with van der Waals surface area (Å²) in [4.78, 5) is 25.7. The zero-order valence-corrected chi connectivity index (χ0v) is 18.6. The third kappa shape index (κ3) is 4.25. The molecule has 0 bridgehead atoms. The second kappa shape index (κ2) is 8.93. The molecule has 158 valence electrons. The highest BCUT2D eigenvalue weighted by atomic mass is 79.9. The molecule has 3 rings (SSSR count). The number of hydrogen-bond acceptors (Lipinski definition) is 5. The number of phenols is 1. The molecule has 9 heteroatoms. The summed E-state index contributed by atoms with van der Waals surface area (Å²) in [7, 11) is 3.10. The van der Waals surface area contributed by atoms with Crippen molar-refractivity contribution in [2.45, 2.75) is 6.92 Å². The van der Waals surface area contributed by atoms with Crippen molar-refractivity contribution in [3.63, 3.8) is 0 Å². The Balaban J connectivity index is 1.98. The Morgan fingerprint density at radius 2 is 1.97 bits per heavy atom. The molecule has 0 unspecified atom stereocenters. The number of carbonyl (C=O) groups is 1. The smallest absolute Gasteiger partial charge is 0.295 e. The van der Waals surface area contributed by atoms with Gasteiger partial charge in [-0.1, -0.05) is 18.2 Å². The standard InChI is InChI=1S/C22H19BrN4O4/c1-13-19(22(30)27(26(13)2)16-7-5-4-6-8-16)25-21(29)15(12-24)9-14-10-17(23)20(28)18(11-14)31-3/h4-11,28H,1-3H3,(H,25,29)/b15-9+. The number of nitrogens with zero attached hydrogens (tertiary/aromatic N) is 3. The summed E-state index contributed by atoms with van der Waals surface area (Å²) in [5, 5.41) is 22.0. The molecule has 0 aliphatic carbocycles. The molecule has 2 N–H and O–H groups in total. The van der Waals surface area contributed by atoms with Crippen LogP contribution in [0.25, 0.3) is 11.8 Å². The number of anilines is 1. The number of hydrogen-bond donors (Lipinski definition) is 2. The summed E-state index contributed by atoms with van der Waals surface area (Å²) < 4.78 is 8.50. The molecular formula is C22H19BrN4O4. The van der Waals surface area contributed by atoms with Gasteiger partial charge in [0.2, 0.25) is 0 Å². The fraction of sp³-hybridized carbons (Fsp3) is 0.136. The third-order valence-electron chi connectivity index (χ3n) is 4.74. The van der Waals surface area contributed by atoms with Crippen LogP contribution in [0, 0.1) is 18.3 Å². The van der Waals surface area contributed by atoms with E-state index in [4.69, 9.17) is 4.74 Å². The largest absolute Gasteiger partial charge is 0.503 e. The molecule has 8 nitrogen and oxygen atoms in total. The van der Waals surface area contributed by atoms with Gasteiger partial charge in [-0.05, 0) is 58.8 Å². The summed E-state index contributed by atoms with van der Waals surface area (Å²) in [6.45, 7) is 1.70. The summed E-state index contributed by atoms with van der Waals surface area (Å²) in [6.07, 6.45) is 1.34. The Bertz CT molecular complexity index is 1280. The van der Waals surface area contributed by atoms with E-state index in [0.717, 1.165) is 0 Å². The van der Waals surface area contributed by atoms with Crippen molar-refractivity contribution >= 4 is 33.6 Å². The van der Waals surface area contributed by atoms with Crippen LogP contribution in [0.4, 0.5) is 5.69 Å².